The lowest BCUT2D eigenvalue weighted by atomic mass is 10.2. The van der Waals surface area contributed by atoms with E-state index in [0.717, 1.165) is 11.4 Å². The second-order valence-corrected chi connectivity index (χ2v) is 5.14. The molecule has 0 aromatic heterocycles. The molecule has 1 fully saturated rings. The lowest BCUT2D eigenvalue weighted by Gasteiger charge is -2.26. The summed E-state index contributed by atoms with van der Waals surface area (Å²) in [6.45, 7) is 0. The van der Waals surface area contributed by atoms with Crippen LogP contribution >= 0.6 is 0 Å². The van der Waals surface area contributed by atoms with Crippen molar-refractivity contribution in [2.24, 2.45) is 0 Å². The van der Waals surface area contributed by atoms with Crippen molar-refractivity contribution in [3.05, 3.63) is 60.7 Å². The summed E-state index contributed by atoms with van der Waals surface area (Å²) in [4.78, 5) is 23.7. The topological polar surface area (TPSA) is 61.4 Å². The van der Waals surface area contributed by atoms with Gasteiger partial charge in [0.2, 0.25) is 5.91 Å². The SMILES string of the molecule is O=C1CC[C@H](C(=O)NN(c2ccccc2)c2ccccc2)N1. The minimum atomic E-state index is -0.470. The number of amides is 2. The maximum Gasteiger partial charge on any atom is 0.261 e. The number of para-hydroxylation sites is 2. The molecule has 0 unspecified atom stereocenters. The predicted octanol–water partition coefficient (Wildman–Crippen LogP) is 2.13. The fourth-order valence-corrected chi connectivity index (χ4v) is 2.43. The van der Waals surface area contributed by atoms with Gasteiger partial charge in [0.05, 0.1) is 11.4 Å². The highest BCUT2D eigenvalue weighted by atomic mass is 16.2. The van der Waals surface area contributed by atoms with E-state index in [9.17, 15) is 9.59 Å². The molecule has 2 amide bonds. The summed E-state index contributed by atoms with van der Waals surface area (Å²) in [5.74, 6) is -0.287. The van der Waals surface area contributed by atoms with E-state index in [4.69, 9.17) is 0 Å². The van der Waals surface area contributed by atoms with Crippen LogP contribution in [0, 0.1) is 0 Å². The number of benzene rings is 2. The van der Waals surface area contributed by atoms with Gasteiger partial charge in [0.15, 0.2) is 0 Å². The maximum absolute atomic E-state index is 12.4. The van der Waals surface area contributed by atoms with Crippen LogP contribution in [0.2, 0.25) is 0 Å². The van der Waals surface area contributed by atoms with Gasteiger partial charge in [-0.05, 0) is 30.7 Å². The van der Waals surface area contributed by atoms with Crippen molar-refractivity contribution < 1.29 is 9.59 Å². The molecule has 3 rings (SSSR count). The number of nitrogens with zero attached hydrogens (tertiary/aromatic N) is 1. The first-order valence-electron chi connectivity index (χ1n) is 7.24. The predicted molar refractivity (Wildman–Crippen MR) is 84.3 cm³/mol. The summed E-state index contributed by atoms with van der Waals surface area (Å²) in [7, 11) is 0. The van der Waals surface area contributed by atoms with E-state index in [1.165, 1.54) is 0 Å². The van der Waals surface area contributed by atoms with Crippen molar-refractivity contribution in [1.29, 1.82) is 0 Å². The Morgan fingerprint density at radius 2 is 1.55 bits per heavy atom. The van der Waals surface area contributed by atoms with Crippen LogP contribution in [-0.2, 0) is 9.59 Å². The fraction of sp³-hybridized carbons (Fsp3) is 0.176. The zero-order chi connectivity index (χ0) is 15.4. The largest absolute Gasteiger partial charge is 0.344 e. The van der Waals surface area contributed by atoms with Crippen molar-refractivity contribution in [3.8, 4) is 0 Å². The van der Waals surface area contributed by atoms with Gasteiger partial charge in [-0.25, -0.2) is 0 Å². The number of hydrogen-bond acceptors (Lipinski definition) is 3. The van der Waals surface area contributed by atoms with Crippen LogP contribution < -0.4 is 15.8 Å². The van der Waals surface area contributed by atoms with Crippen LogP contribution in [0.25, 0.3) is 0 Å². The van der Waals surface area contributed by atoms with Crippen LogP contribution in [0.5, 0.6) is 0 Å². The Labute approximate surface area is 128 Å². The number of rotatable bonds is 4. The lowest BCUT2D eigenvalue weighted by molar-refractivity contribution is -0.125. The molecule has 0 radical (unpaired) electrons. The monoisotopic (exact) mass is 295 g/mol. The van der Waals surface area contributed by atoms with E-state index in [0.29, 0.717) is 12.8 Å². The molecule has 5 nitrogen and oxygen atoms in total. The molecule has 1 atom stereocenters. The normalized spacial score (nSPS) is 16.9. The van der Waals surface area contributed by atoms with E-state index in [-0.39, 0.29) is 11.8 Å². The lowest BCUT2D eigenvalue weighted by Crippen LogP contribution is -2.48. The van der Waals surface area contributed by atoms with Crippen LogP contribution in [0.15, 0.2) is 60.7 Å². The van der Waals surface area contributed by atoms with Crippen molar-refractivity contribution >= 4 is 23.2 Å². The fourth-order valence-electron chi connectivity index (χ4n) is 2.43. The smallest absolute Gasteiger partial charge is 0.261 e. The molecule has 0 bridgehead atoms. The summed E-state index contributed by atoms with van der Waals surface area (Å²) in [5.41, 5.74) is 4.60. The Hall–Kier alpha value is -2.82. The molecule has 22 heavy (non-hydrogen) atoms. The molecule has 2 N–H and O–H groups in total. The van der Waals surface area contributed by atoms with Gasteiger partial charge in [0, 0.05) is 6.42 Å². The summed E-state index contributed by atoms with van der Waals surface area (Å²) < 4.78 is 0. The first-order chi connectivity index (χ1) is 10.7. The first-order valence-corrected chi connectivity index (χ1v) is 7.24. The molecule has 0 saturated carbocycles. The molecule has 1 aliphatic rings. The summed E-state index contributed by atoms with van der Waals surface area (Å²) in [6, 6.07) is 18.7. The van der Waals surface area contributed by atoms with Gasteiger partial charge >= 0.3 is 0 Å². The number of hydrogen-bond donors (Lipinski definition) is 2. The molecule has 1 aliphatic heterocycles. The maximum atomic E-state index is 12.4. The average Bonchev–Trinajstić information content (AvgIpc) is 3.01. The van der Waals surface area contributed by atoms with Gasteiger partial charge in [-0.2, -0.15) is 0 Å². The highest BCUT2D eigenvalue weighted by molar-refractivity contribution is 5.92. The molecule has 112 valence electrons. The number of anilines is 2. The number of carbonyl (C=O) groups excluding carboxylic acids is 2. The van der Waals surface area contributed by atoms with E-state index in [2.05, 4.69) is 10.7 Å². The van der Waals surface area contributed by atoms with Crippen LogP contribution in [0.3, 0.4) is 0 Å². The Balaban J connectivity index is 1.83. The molecule has 1 heterocycles. The Bertz CT molecular complexity index is 619. The second-order valence-electron chi connectivity index (χ2n) is 5.14. The Morgan fingerprint density at radius 1 is 1.00 bits per heavy atom. The first kappa shape index (κ1) is 14.1. The highest BCUT2D eigenvalue weighted by Gasteiger charge is 2.28. The molecule has 2 aromatic carbocycles. The summed E-state index contributed by atoms with van der Waals surface area (Å²) in [6.07, 6.45) is 0.927. The van der Waals surface area contributed by atoms with Crippen LogP contribution in [-0.4, -0.2) is 17.9 Å². The third-order valence-electron chi connectivity index (χ3n) is 3.56. The standard InChI is InChI=1S/C17H17N3O2/c21-16-12-11-15(18-16)17(22)19-20(13-7-3-1-4-8-13)14-9-5-2-6-10-14/h1-10,15H,11-12H2,(H,18,21)(H,19,22)/t15-/m1/s1. The zero-order valence-corrected chi connectivity index (χ0v) is 12.0. The van der Waals surface area contributed by atoms with E-state index in [1.807, 2.05) is 60.7 Å². The van der Waals surface area contributed by atoms with Crippen LogP contribution in [0.4, 0.5) is 11.4 Å². The van der Waals surface area contributed by atoms with Crippen LogP contribution in [0.1, 0.15) is 12.8 Å². The van der Waals surface area contributed by atoms with Gasteiger partial charge in [0.25, 0.3) is 5.91 Å². The Morgan fingerprint density at radius 3 is 2.00 bits per heavy atom. The van der Waals surface area contributed by atoms with Gasteiger partial charge in [-0.1, -0.05) is 36.4 Å². The van der Waals surface area contributed by atoms with Crippen molar-refractivity contribution in [1.82, 2.24) is 10.7 Å². The zero-order valence-electron chi connectivity index (χ0n) is 12.0. The molecule has 1 saturated heterocycles. The van der Waals surface area contributed by atoms with Gasteiger partial charge in [0.1, 0.15) is 6.04 Å². The third-order valence-corrected chi connectivity index (χ3v) is 3.56. The molecule has 2 aromatic rings. The minimum absolute atomic E-state index is 0.0777. The van der Waals surface area contributed by atoms with E-state index < -0.39 is 6.04 Å². The molecule has 0 spiro atoms. The average molecular weight is 295 g/mol. The number of nitrogens with one attached hydrogen (secondary N) is 2. The minimum Gasteiger partial charge on any atom is -0.344 e. The molecule has 0 aliphatic carbocycles. The third kappa shape index (κ3) is 3.09. The number of carbonyl (C=O) groups is 2. The van der Waals surface area contributed by atoms with Crippen molar-refractivity contribution in [2.75, 3.05) is 5.01 Å². The van der Waals surface area contributed by atoms with Crippen molar-refractivity contribution in [3.63, 3.8) is 0 Å². The van der Waals surface area contributed by atoms with Gasteiger partial charge < -0.3 is 5.32 Å². The molecule has 5 heteroatoms. The van der Waals surface area contributed by atoms with Gasteiger partial charge in [-0.3, -0.25) is 20.0 Å². The second kappa shape index (κ2) is 6.30. The quantitative estimate of drug-likeness (QED) is 0.850. The van der Waals surface area contributed by atoms with E-state index in [1.54, 1.807) is 5.01 Å². The van der Waals surface area contributed by atoms with Crippen molar-refractivity contribution in [2.45, 2.75) is 18.9 Å². The summed E-state index contributed by atoms with van der Waals surface area (Å²) in [5, 5.41) is 4.41. The highest BCUT2D eigenvalue weighted by Crippen LogP contribution is 2.22. The molecular formula is C17H17N3O2. The molecular weight excluding hydrogens is 278 g/mol. The van der Waals surface area contributed by atoms with Gasteiger partial charge in [-0.15, -0.1) is 0 Å². The van der Waals surface area contributed by atoms with E-state index >= 15 is 0 Å². The Kier molecular flexibility index (Phi) is 4.05. The number of hydrazine groups is 1. The summed E-state index contributed by atoms with van der Waals surface area (Å²) >= 11 is 0.